The average molecular weight is 742 g/mol. The van der Waals surface area contributed by atoms with Gasteiger partial charge in [0.25, 0.3) is 0 Å². The van der Waals surface area contributed by atoms with E-state index in [1.165, 1.54) is 44.6 Å². The Labute approximate surface area is 293 Å². The minimum absolute atomic E-state index is 0.115. The van der Waals surface area contributed by atoms with Gasteiger partial charge in [-0.1, -0.05) is 29.8 Å². The highest BCUT2D eigenvalue weighted by Gasteiger charge is 2.23. The second-order valence-electron chi connectivity index (χ2n) is 10.7. The molecule has 0 spiro atoms. The highest BCUT2D eigenvalue weighted by Crippen LogP contribution is 2.44. The van der Waals surface area contributed by atoms with Crippen molar-refractivity contribution in [3.8, 4) is 11.5 Å². The monoisotopic (exact) mass is 740 g/mol. The number of hydrogen-bond acceptors (Lipinski definition) is 10. The third-order valence-corrected chi connectivity index (χ3v) is 7.98. The van der Waals surface area contributed by atoms with Crippen molar-refractivity contribution in [3.05, 3.63) is 59.4 Å². The molecule has 4 rings (SSSR count). The predicted molar refractivity (Wildman–Crippen MR) is 191 cm³/mol. The Morgan fingerprint density at radius 2 is 1.57 bits per heavy atom. The van der Waals surface area contributed by atoms with Gasteiger partial charge in [0.05, 0.1) is 31.3 Å². The van der Waals surface area contributed by atoms with E-state index in [9.17, 15) is 9.59 Å². The van der Waals surface area contributed by atoms with E-state index in [1.54, 1.807) is 6.07 Å². The number of carbonyl (C=O) groups excluding carboxylic acids is 2. The molecule has 0 atom stereocenters. The molecular weight excluding hydrogens is 702 g/mol. The number of halogens is 2. The van der Waals surface area contributed by atoms with Gasteiger partial charge in [0.2, 0.25) is 5.91 Å². The van der Waals surface area contributed by atoms with Gasteiger partial charge in [0.15, 0.2) is 0 Å². The quantitative estimate of drug-likeness (QED) is 0.121. The molecule has 266 valence electrons. The smallest absolute Gasteiger partial charge is 0.466 e. The Kier molecular flexibility index (Phi) is 14.0. The summed E-state index contributed by atoms with van der Waals surface area (Å²) in [4.78, 5) is 61.6. The molecule has 0 bridgehead atoms. The van der Waals surface area contributed by atoms with E-state index >= 15 is 0 Å². The highest BCUT2D eigenvalue weighted by molar-refractivity contribution is 7.45. The summed E-state index contributed by atoms with van der Waals surface area (Å²) in [6.07, 6.45) is 2.53. The van der Waals surface area contributed by atoms with Crippen LogP contribution < -0.4 is 35.2 Å². The Balaban J connectivity index is 0.00000121. The van der Waals surface area contributed by atoms with E-state index in [0.717, 1.165) is 31.9 Å². The standard InChI is InChI=1S/C30H36Cl2N8O4.H3O4P/c1-7-26(41)36-21-14-19(40-12-10-39(11-13-40)18(2)3)8-9-20(21)35-24-16-25(34-17-33-24)38(4)30(42)37-29-27(31)22(43-5)15-23(44-6)28(29)32;1-5(2,3)4/h7-9,14-18H,1,10-13H2,2-6H3,(H,36,41)(H,37,42)(H,33,34,35);(H3,1,2,3,4). The van der Waals surface area contributed by atoms with Crippen LogP contribution in [0.15, 0.2) is 49.3 Å². The number of rotatable bonds is 10. The number of nitrogens with one attached hydrogen (secondary N) is 3. The Bertz CT molecular complexity index is 1670. The molecule has 0 unspecified atom stereocenters. The summed E-state index contributed by atoms with van der Waals surface area (Å²) in [6, 6.07) is 8.83. The number of benzene rings is 2. The molecule has 3 aromatic rings. The van der Waals surface area contributed by atoms with Crippen LogP contribution >= 0.6 is 31.0 Å². The lowest BCUT2D eigenvalue weighted by molar-refractivity contribution is -0.111. The number of nitrogens with zero attached hydrogens (tertiary/aromatic N) is 5. The topological polar surface area (TPSA) is 202 Å². The number of ether oxygens (including phenoxy) is 2. The van der Waals surface area contributed by atoms with Gasteiger partial charge in [-0.2, -0.15) is 0 Å². The number of hydrogen-bond donors (Lipinski definition) is 6. The van der Waals surface area contributed by atoms with Crippen molar-refractivity contribution >= 4 is 77.3 Å². The Morgan fingerprint density at radius 3 is 2.10 bits per heavy atom. The van der Waals surface area contributed by atoms with Crippen LogP contribution in [0.4, 0.5) is 39.2 Å². The Morgan fingerprint density at radius 1 is 0.980 bits per heavy atom. The first-order valence-electron chi connectivity index (χ1n) is 14.6. The van der Waals surface area contributed by atoms with Crippen LogP contribution in [0.25, 0.3) is 0 Å². The van der Waals surface area contributed by atoms with Crippen molar-refractivity contribution in [1.82, 2.24) is 14.9 Å². The van der Waals surface area contributed by atoms with Crippen LogP contribution in [0.1, 0.15) is 13.8 Å². The largest absolute Gasteiger partial charge is 0.495 e. The molecule has 1 aliphatic heterocycles. The Hall–Kier alpha value is -4.15. The first-order valence-corrected chi connectivity index (χ1v) is 17.0. The van der Waals surface area contributed by atoms with Crippen LogP contribution in [0, 0.1) is 0 Å². The molecule has 49 heavy (non-hydrogen) atoms. The van der Waals surface area contributed by atoms with Crippen LogP contribution in [0.2, 0.25) is 10.0 Å². The van der Waals surface area contributed by atoms with Gasteiger partial charge in [-0.15, -0.1) is 0 Å². The van der Waals surface area contributed by atoms with Gasteiger partial charge in [-0.25, -0.2) is 19.3 Å². The summed E-state index contributed by atoms with van der Waals surface area (Å²) in [5.74, 6) is 0.880. The number of piperazine rings is 1. The van der Waals surface area contributed by atoms with E-state index in [2.05, 4.69) is 56.1 Å². The molecule has 19 heteroatoms. The van der Waals surface area contributed by atoms with Crippen LogP contribution in [-0.4, -0.2) is 95.0 Å². The van der Waals surface area contributed by atoms with Gasteiger partial charge >= 0.3 is 13.9 Å². The molecule has 1 aliphatic rings. The SMILES string of the molecule is C=CC(=O)Nc1cc(N2CCN(C(C)C)CC2)ccc1Nc1cc(N(C)C(=O)Nc2c(Cl)c(OC)cc(OC)c2Cl)ncn1.O=P(O)(O)O. The van der Waals surface area contributed by atoms with E-state index in [0.29, 0.717) is 23.2 Å². The zero-order valence-corrected chi connectivity index (χ0v) is 29.9. The summed E-state index contributed by atoms with van der Waals surface area (Å²) in [5, 5.41) is 9.03. The molecule has 0 radical (unpaired) electrons. The van der Waals surface area contributed by atoms with Crippen LogP contribution in [0.5, 0.6) is 11.5 Å². The van der Waals surface area contributed by atoms with Gasteiger partial charge in [0.1, 0.15) is 39.5 Å². The maximum Gasteiger partial charge on any atom is 0.466 e. The number of carbonyl (C=O) groups is 2. The normalized spacial score (nSPS) is 13.2. The minimum atomic E-state index is -4.64. The van der Waals surface area contributed by atoms with Gasteiger partial charge < -0.3 is 45.0 Å². The zero-order valence-electron chi connectivity index (χ0n) is 27.5. The number of urea groups is 1. The summed E-state index contributed by atoms with van der Waals surface area (Å²) < 4.78 is 19.4. The zero-order chi connectivity index (χ0) is 36.5. The predicted octanol–water partition coefficient (Wildman–Crippen LogP) is 4.94. The third-order valence-electron chi connectivity index (χ3n) is 7.23. The van der Waals surface area contributed by atoms with Crippen molar-refractivity contribution < 1.29 is 38.3 Å². The van der Waals surface area contributed by atoms with E-state index < -0.39 is 13.9 Å². The van der Waals surface area contributed by atoms with Crippen LogP contribution in [-0.2, 0) is 9.36 Å². The van der Waals surface area contributed by atoms with Crippen molar-refractivity contribution in [2.45, 2.75) is 19.9 Å². The molecule has 6 N–H and O–H groups in total. The minimum Gasteiger partial charge on any atom is -0.495 e. The van der Waals surface area contributed by atoms with E-state index in [4.69, 9.17) is 51.9 Å². The van der Waals surface area contributed by atoms with Crippen molar-refractivity contribution in [1.29, 1.82) is 0 Å². The molecule has 1 aromatic heterocycles. The molecule has 0 aliphatic carbocycles. The van der Waals surface area contributed by atoms with E-state index in [-0.39, 0.29) is 39.0 Å². The maximum absolute atomic E-state index is 13.2. The fourth-order valence-corrected chi connectivity index (χ4v) is 5.24. The number of phosphoric acid groups is 1. The summed E-state index contributed by atoms with van der Waals surface area (Å²) in [7, 11) is -0.223. The van der Waals surface area contributed by atoms with Crippen molar-refractivity contribution in [3.63, 3.8) is 0 Å². The lowest BCUT2D eigenvalue weighted by Crippen LogP contribution is -2.48. The average Bonchev–Trinajstić information content (AvgIpc) is 3.06. The number of methoxy groups -OCH3 is 2. The second-order valence-corrected chi connectivity index (χ2v) is 12.5. The lowest BCUT2D eigenvalue weighted by atomic mass is 10.1. The fourth-order valence-electron chi connectivity index (χ4n) is 4.65. The third kappa shape index (κ3) is 11.2. The van der Waals surface area contributed by atoms with Crippen LogP contribution in [0.3, 0.4) is 0 Å². The van der Waals surface area contributed by atoms with Crippen molar-refractivity contribution in [2.24, 2.45) is 0 Å². The molecule has 2 aromatic carbocycles. The molecule has 1 fully saturated rings. The van der Waals surface area contributed by atoms with Gasteiger partial charge in [-0.3, -0.25) is 14.6 Å². The first kappa shape index (κ1) is 39.3. The maximum atomic E-state index is 13.2. The van der Waals surface area contributed by atoms with Gasteiger partial charge in [0, 0.05) is 57.1 Å². The summed E-state index contributed by atoms with van der Waals surface area (Å²) in [5.41, 5.74) is 2.27. The fraction of sp³-hybridized carbons (Fsp3) is 0.333. The molecule has 2 heterocycles. The van der Waals surface area contributed by atoms with E-state index in [1.807, 2.05) is 18.2 Å². The molecule has 0 saturated carbocycles. The molecule has 1 saturated heterocycles. The summed E-state index contributed by atoms with van der Waals surface area (Å²) in [6.45, 7) is 11.6. The molecular formula is C30H39Cl2N8O8P. The van der Waals surface area contributed by atoms with Gasteiger partial charge in [-0.05, 0) is 38.1 Å². The lowest BCUT2D eigenvalue weighted by Gasteiger charge is -2.38. The number of aromatic nitrogens is 2. The second kappa shape index (κ2) is 17.5. The first-order chi connectivity index (χ1) is 23.1. The number of anilines is 6. The molecule has 16 nitrogen and oxygen atoms in total. The molecule has 3 amide bonds. The highest BCUT2D eigenvalue weighted by atomic mass is 35.5. The van der Waals surface area contributed by atoms with Crippen molar-refractivity contribution in [2.75, 3.05) is 73.2 Å². The summed E-state index contributed by atoms with van der Waals surface area (Å²) >= 11 is 12.8. The number of amides is 3.